The highest BCUT2D eigenvalue weighted by Gasteiger charge is 2.32. The van der Waals surface area contributed by atoms with Gasteiger partial charge < -0.3 is 14.2 Å². The van der Waals surface area contributed by atoms with Gasteiger partial charge in [-0.3, -0.25) is 0 Å². The van der Waals surface area contributed by atoms with E-state index in [0.29, 0.717) is 17.3 Å². The molecular weight excluding hydrogens is 318 g/mol. The number of benzene rings is 1. The lowest BCUT2D eigenvalue weighted by atomic mass is 9.80. The van der Waals surface area contributed by atoms with Crippen molar-refractivity contribution in [2.45, 2.75) is 45.4 Å². The van der Waals surface area contributed by atoms with Crippen LogP contribution in [-0.2, 0) is 9.53 Å². The number of carbonyl (C=O) groups is 1. The van der Waals surface area contributed by atoms with Crippen molar-refractivity contribution in [1.82, 2.24) is 0 Å². The molecule has 2 aliphatic heterocycles. The first-order valence-corrected chi connectivity index (χ1v) is 9.15. The normalized spacial score (nSPS) is 26.7. The summed E-state index contributed by atoms with van der Waals surface area (Å²) in [5.74, 6) is 2.76. The Bertz CT molecular complexity index is 729. The molecule has 0 atom stereocenters. The summed E-state index contributed by atoms with van der Waals surface area (Å²) < 4.78 is 16.1. The fourth-order valence-corrected chi connectivity index (χ4v) is 3.87. The summed E-state index contributed by atoms with van der Waals surface area (Å²) in [4.78, 5) is 16.7. The molecule has 1 aromatic carbocycles. The van der Waals surface area contributed by atoms with Gasteiger partial charge in [0.15, 0.2) is 17.2 Å². The Morgan fingerprint density at radius 3 is 2.76 bits per heavy atom. The van der Waals surface area contributed by atoms with E-state index in [2.05, 4.69) is 11.9 Å². The number of hydrogen-bond acceptors (Lipinski definition) is 5. The molecule has 1 aliphatic carbocycles. The zero-order valence-electron chi connectivity index (χ0n) is 14.5. The van der Waals surface area contributed by atoms with Gasteiger partial charge >= 0.3 is 5.97 Å². The molecule has 1 saturated carbocycles. The lowest BCUT2D eigenvalue weighted by Gasteiger charge is -2.27. The number of fused-ring (bicyclic) bond motifs is 1. The molecule has 0 spiro atoms. The summed E-state index contributed by atoms with van der Waals surface area (Å²) >= 11 is 0. The van der Waals surface area contributed by atoms with Gasteiger partial charge in [0, 0.05) is 5.92 Å². The lowest BCUT2D eigenvalue weighted by Crippen LogP contribution is -2.22. The van der Waals surface area contributed by atoms with Crippen LogP contribution in [0.3, 0.4) is 0 Å². The third-order valence-electron chi connectivity index (χ3n) is 5.23. The number of cyclic esters (lactones) is 1. The van der Waals surface area contributed by atoms with Gasteiger partial charge in [-0.2, -0.15) is 0 Å². The van der Waals surface area contributed by atoms with Crippen LogP contribution in [-0.4, -0.2) is 18.7 Å². The summed E-state index contributed by atoms with van der Waals surface area (Å²) in [6, 6.07) is 5.58. The fraction of sp³-hybridized carbons (Fsp3) is 0.500. The second-order valence-electron chi connectivity index (χ2n) is 6.99. The van der Waals surface area contributed by atoms with E-state index in [1.54, 1.807) is 6.08 Å². The maximum absolute atomic E-state index is 12.2. The van der Waals surface area contributed by atoms with Crippen LogP contribution < -0.4 is 9.47 Å². The first kappa shape index (κ1) is 16.2. The number of hydrogen-bond donors (Lipinski definition) is 0. The molecule has 0 bridgehead atoms. The van der Waals surface area contributed by atoms with Crippen LogP contribution >= 0.6 is 0 Å². The van der Waals surface area contributed by atoms with Crippen molar-refractivity contribution in [3.8, 4) is 11.5 Å². The molecule has 25 heavy (non-hydrogen) atoms. The van der Waals surface area contributed by atoms with Crippen molar-refractivity contribution in [2.24, 2.45) is 16.8 Å². The number of aliphatic imine (C=N–C) groups is 1. The second-order valence-corrected chi connectivity index (χ2v) is 6.99. The van der Waals surface area contributed by atoms with E-state index in [1.807, 2.05) is 18.2 Å². The quantitative estimate of drug-likeness (QED) is 0.604. The third-order valence-corrected chi connectivity index (χ3v) is 5.23. The van der Waals surface area contributed by atoms with Crippen molar-refractivity contribution in [3.63, 3.8) is 0 Å². The molecule has 5 heteroatoms. The molecule has 0 unspecified atom stereocenters. The van der Waals surface area contributed by atoms with Gasteiger partial charge in [-0.1, -0.05) is 25.8 Å². The Kier molecular flexibility index (Phi) is 4.47. The maximum atomic E-state index is 12.2. The topological polar surface area (TPSA) is 57.1 Å². The molecule has 0 aromatic heterocycles. The third kappa shape index (κ3) is 3.41. The van der Waals surface area contributed by atoms with Crippen LogP contribution in [0.15, 0.2) is 28.9 Å². The Morgan fingerprint density at radius 2 is 1.96 bits per heavy atom. The average molecular weight is 341 g/mol. The van der Waals surface area contributed by atoms with Crippen LogP contribution in [0.5, 0.6) is 11.5 Å². The van der Waals surface area contributed by atoms with Gasteiger partial charge in [0.25, 0.3) is 0 Å². The number of carbonyl (C=O) groups excluding carboxylic acids is 1. The van der Waals surface area contributed by atoms with Crippen LogP contribution in [0.1, 0.15) is 51.0 Å². The summed E-state index contributed by atoms with van der Waals surface area (Å²) in [5, 5.41) is 0. The smallest absolute Gasteiger partial charge is 0.363 e. The zero-order valence-corrected chi connectivity index (χ0v) is 14.5. The molecule has 5 nitrogen and oxygen atoms in total. The molecule has 4 rings (SSSR count). The van der Waals surface area contributed by atoms with Crippen molar-refractivity contribution in [3.05, 3.63) is 29.5 Å². The number of rotatable bonds is 4. The highest BCUT2D eigenvalue weighted by atomic mass is 16.7. The van der Waals surface area contributed by atoms with Crippen LogP contribution in [0.25, 0.3) is 6.08 Å². The van der Waals surface area contributed by atoms with Gasteiger partial charge in [-0.05, 0) is 55.4 Å². The average Bonchev–Trinajstić information content (AvgIpc) is 3.22. The predicted molar refractivity (Wildman–Crippen MR) is 94.4 cm³/mol. The van der Waals surface area contributed by atoms with E-state index < -0.39 is 0 Å². The summed E-state index contributed by atoms with van der Waals surface area (Å²) in [6.45, 7) is 2.47. The molecule has 3 aliphatic rings. The van der Waals surface area contributed by atoms with Crippen LogP contribution in [0, 0.1) is 11.8 Å². The van der Waals surface area contributed by atoms with Gasteiger partial charge in [0.05, 0.1) is 0 Å². The molecular formula is C20H23NO4. The molecule has 132 valence electrons. The minimum absolute atomic E-state index is 0.237. The van der Waals surface area contributed by atoms with Crippen molar-refractivity contribution in [1.29, 1.82) is 0 Å². The van der Waals surface area contributed by atoms with E-state index in [9.17, 15) is 4.79 Å². The molecule has 0 radical (unpaired) electrons. The largest absolute Gasteiger partial charge is 0.454 e. The highest BCUT2D eigenvalue weighted by Crippen LogP contribution is 2.35. The Morgan fingerprint density at radius 1 is 1.16 bits per heavy atom. The first-order valence-electron chi connectivity index (χ1n) is 9.15. The van der Waals surface area contributed by atoms with Crippen LogP contribution in [0.4, 0.5) is 0 Å². The Hall–Kier alpha value is -2.30. The molecule has 0 amide bonds. The van der Waals surface area contributed by atoms with Crippen molar-refractivity contribution in [2.75, 3.05) is 6.79 Å². The van der Waals surface area contributed by atoms with E-state index in [4.69, 9.17) is 14.2 Å². The van der Waals surface area contributed by atoms with E-state index >= 15 is 0 Å². The summed E-state index contributed by atoms with van der Waals surface area (Å²) in [5.41, 5.74) is 1.22. The lowest BCUT2D eigenvalue weighted by molar-refractivity contribution is -0.130. The molecule has 1 aromatic rings. The van der Waals surface area contributed by atoms with Crippen molar-refractivity contribution >= 4 is 17.9 Å². The maximum Gasteiger partial charge on any atom is 0.363 e. The zero-order chi connectivity index (χ0) is 17.2. The number of ether oxygens (including phenoxy) is 3. The first-order chi connectivity index (χ1) is 12.2. The predicted octanol–water partition coefficient (Wildman–Crippen LogP) is 4.32. The Labute approximate surface area is 147 Å². The summed E-state index contributed by atoms with van der Waals surface area (Å²) in [7, 11) is 0. The van der Waals surface area contributed by atoms with E-state index in [1.165, 1.54) is 25.7 Å². The molecule has 0 saturated heterocycles. The SMILES string of the molecule is CCCC1CCC(C2=N/C(=C/c3ccc4c(c3)OCO4)C(=O)O2)CC1. The minimum atomic E-state index is -0.358. The second kappa shape index (κ2) is 6.90. The highest BCUT2D eigenvalue weighted by molar-refractivity contribution is 6.07. The van der Waals surface area contributed by atoms with Crippen LogP contribution in [0.2, 0.25) is 0 Å². The molecule has 2 heterocycles. The minimum Gasteiger partial charge on any atom is -0.454 e. The Balaban J connectivity index is 1.47. The van der Waals surface area contributed by atoms with Crippen molar-refractivity contribution < 1.29 is 19.0 Å². The fourth-order valence-electron chi connectivity index (χ4n) is 3.87. The number of esters is 1. The summed E-state index contributed by atoms with van der Waals surface area (Å²) in [6.07, 6.45) is 8.83. The van der Waals surface area contributed by atoms with Gasteiger partial charge in [-0.25, -0.2) is 9.79 Å². The molecule has 1 fully saturated rings. The van der Waals surface area contributed by atoms with E-state index in [0.717, 1.165) is 30.1 Å². The molecule has 0 N–H and O–H groups in total. The number of nitrogens with zero attached hydrogens (tertiary/aromatic N) is 1. The van der Waals surface area contributed by atoms with Gasteiger partial charge in [-0.15, -0.1) is 0 Å². The van der Waals surface area contributed by atoms with Gasteiger partial charge in [0.2, 0.25) is 12.7 Å². The standard InChI is InChI=1S/C20H23NO4/c1-2-3-13-4-7-15(8-5-13)19-21-16(20(22)25-19)10-14-6-9-17-18(11-14)24-12-23-17/h6,9-11,13,15H,2-5,7-8,12H2,1H3/b16-10+. The monoisotopic (exact) mass is 341 g/mol. The van der Waals surface area contributed by atoms with E-state index in [-0.39, 0.29) is 18.7 Å². The van der Waals surface area contributed by atoms with Gasteiger partial charge in [0.1, 0.15) is 0 Å².